The number of nitrogens with two attached hydrogens (primary N) is 1. The third-order valence-corrected chi connectivity index (χ3v) is 6.22. The summed E-state index contributed by atoms with van der Waals surface area (Å²) in [5.41, 5.74) is 11.8. The molecule has 182 valence electrons. The Balaban J connectivity index is 1.54. The van der Waals surface area contributed by atoms with Crippen molar-refractivity contribution in [3.8, 4) is 0 Å². The van der Waals surface area contributed by atoms with Crippen molar-refractivity contribution in [3.63, 3.8) is 0 Å². The van der Waals surface area contributed by atoms with Gasteiger partial charge in [-0.25, -0.2) is 4.39 Å². The fraction of sp³-hybridized carbons (Fsp3) is 0.200. The second-order valence-corrected chi connectivity index (χ2v) is 9.38. The standard InChI is InChI=1S/C25H25Cl2FN6S/c26-19-4-1-3-17(11-19)15-30-23-14-24(22(28)12-18(23)16-31-32-25(29)35)34-9-7-33(8-10-34)21-6-2-5-20(27)13-21/h1-6,11-14,16,30H,7-10,15H2,(H3,29,32,35). The summed E-state index contributed by atoms with van der Waals surface area (Å²) in [6.45, 7) is 3.37. The van der Waals surface area contributed by atoms with Gasteiger partial charge in [0.1, 0.15) is 5.82 Å². The van der Waals surface area contributed by atoms with Crippen molar-refractivity contribution in [2.75, 3.05) is 41.3 Å². The van der Waals surface area contributed by atoms with Gasteiger partial charge >= 0.3 is 0 Å². The summed E-state index contributed by atoms with van der Waals surface area (Å²) in [6.07, 6.45) is 1.49. The normalized spacial score (nSPS) is 13.8. The quantitative estimate of drug-likeness (QED) is 0.220. The van der Waals surface area contributed by atoms with Crippen molar-refractivity contribution in [2.45, 2.75) is 6.54 Å². The molecule has 0 spiro atoms. The number of thiocarbonyl (C=S) groups is 1. The minimum Gasteiger partial charge on any atom is -0.380 e. The van der Waals surface area contributed by atoms with Crippen LogP contribution in [0.15, 0.2) is 65.8 Å². The van der Waals surface area contributed by atoms with E-state index in [4.69, 9.17) is 41.2 Å². The summed E-state index contributed by atoms with van der Waals surface area (Å²) < 4.78 is 15.2. The van der Waals surface area contributed by atoms with Crippen LogP contribution >= 0.6 is 35.4 Å². The smallest absolute Gasteiger partial charge is 0.184 e. The summed E-state index contributed by atoms with van der Waals surface area (Å²) in [5.74, 6) is -0.328. The summed E-state index contributed by atoms with van der Waals surface area (Å²) in [5, 5.41) is 8.78. The zero-order valence-electron chi connectivity index (χ0n) is 18.8. The predicted octanol–water partition coefficient (Wildman–Crippen LogP) is 5.24. The summed E-state index contributed by atoms with van der Waals surface area (Å²) in [7, 11) is 0. The van der Waals surface area contributed by atoms with Crippen molar-refractivity contribution >= 4 is 63.8 Å². The van der Waals surface area contributed by atoms with Crippen molar-refractivity contribution in [1.82, 2.24) is 5.43 Å². The van der Waals surface area contributed by atoms with Crippen LogP contribution in [-0.4, -0.2) is 37.5 Å². The van der Waals surface area contributed by atoms with Crippen LogP contribution in [0.4, 0.5) is 21.5 Å². The highest BCUT2D eigenvalue weighted by Crippen LogP contribution is 2.29. The van der Waals surface area contributed by atoms with E-state index in [2.05, 4.69) is 25.6 Å². The van der Waals surface area contributed by atoms with Crippen LogP contribution in [0.2, 0.25) is 10.0 Å². The first-order valence-corrected chi connectivity index (χ1v) is 12.2. The Kier molecular flexibility index (Phi) is 8.28. The number of anilines is 3. The molecule has 1 aliphatic rings. The maximum atomic E-state index is 15.2. The number of piperazine rings is 1. The van der Waals surface area contributed by atoms with Gasteiger partial charge in [-0.05, 0) is 60.2 Å². The van der Waals surface area contributed by atoms with Gasteiger partial charge in [0.2, 0.25) is 0 Å². The fourth-order valence-electron chi connectivity index (χ4n) is 3.97. The minimum absolute atomic E-state index is 0.0318. The number of nitrogens with zero attached hydrogens (tertiary/aromatic N) is 3. The number of hydrogen-bond donors (Lipinski definition) is 3. The maximum Gasteiger partial charge on any atom is 0.184 e. The molecule has 0 bridgehead atoms. The van der Waals surface area contributed by atoms with Crippen molar-refractivity contribution in [3.05, 3.63) is 87.7 Å². The van der Waals surface area contributed by atoms with E-state index in [0.29, 0.717) is 40.9 Å². The Morgan fingerprint density at radius 3 is 2.37 bits per heavy atom. The number of halogens is 3. The van der Waals surface area contributed by atoms with E-state index in [1.807, 2.05) is 54.6 Å². The highest BCUT2D eigenvalue weighted by molar-refractivity contribution is 7.80. The molecule has 1 heterocycles. The minimum atomic E-state index is -0.328. The molecule has 0 radical (unpaired) electrons. The lowest BCUT2D eigenvalue weighted by Gasteiger charge is -2.37. The van der Waals surface area contributed by atoms with E-state index in [1.165, 1.54) is 12.3 Å². The Hall–Kier alpha value is -3.07. The van der Waals surface area contributed by atoms with Gasteiger partial charge in [0.05, 0.1) is 11.9 Å². The third-order valence-electron chi connectivity index (χ3n) is 5.66. The van der Waals surface area contributed by atoms with Gasteiger partial charge in [0, 0.05) is 59.7 Å². The summed E-state index contributed by atoms with van der Waals surface area (Å²) in [4.78, 5) is 4.30. The number of benzene rings is 3. The molecule has 1 saturated heterocycles. The first kappa shape index (κ1) is 25.0. The van der Waals surface area contributed by atoms with Crippen LogP contribution < -0.4 is 26.3 Å². The molecule has 0 aromatic heterocycles. The Labute approximate surface area is 219 Å². The SMILES string of the molecule is NC(=S)NN=Cc1cc(F)c(N2CCN(c3cccc(Cl)c3)CC2)cc1NCc1cccc(Cl)c1. The van der Waals surface area contributed by atoms with Gasteiger partial charge < -0.3 is 20.9 Å². The van der Waals surface area contributed by atoms with Crippen LogP contribution in [0, 0.1) is 5.82 Å². The van der Waals surface area contributed by atoms with Gasteiger partial charge in [-0.3, -0.25) is 5.43 Å². The zero-order valence-corrected chi connectivity index (χ0v) is 21.2. The number of hydrogen-bond acceptors (Lipinski definition) is 5. The average molecular weight is 531 g/mol. The summed E-state index contributed by atoms with van der Waals surface area (Å²) in [6, 6.07) is 18.6. The van der Waals surface area contributed by atoms with Crippen LogP contribution in [0.5, 0.6) is 0 Å². The molecule has 3 aromatic rings. The largest absolute Gasteiger partial charge is 0.380 e. The second-order valence-electron chi connectivity index (χ2n) is 8.06. The molecule has 0 saturated carbocycles. The van der Waals surface area contributed by atoms with Crippen LogP contribution in [0.25, 0.3) is 0 Å². The lowest BCUT2D eigenvalue weighted by atomic mass is 10.1. The van der Waals surface area contributed by atoms with Crippen LogP contribution in [-0.2, 0) is 6.54 Å². The lowest BCUT2D eigenvalue weighted by Crippen LogP contribution is -2.46. The highest BCUT2D eigenvalue weighted by atomic mass is 35.5. The molecule has 6 nitrogen and oxygen atoms in total. The Morgan fingerprint density at radius 2 is 1.69 bits per heavy atom. The van der Waals surface area contributed by atoms with E-state index in [9.17, 15) is 0 Å². The van der Waals surface area contributed by atoms with Gasteiger partial charge in [-0.1, -0.05) is 41.4 Å². The van der Waals surface area contributed by atoms with Crippen molar-refractivity contribution < 1.29 is 4.39 Å². The molecular weight excluding hydrogens is 506 g/mol. The van der Waals surface area contributed by atoms with E-state index in [0.717, 1.165) is 30.0 Å². The number of hydrazone groups is 1. The molecule has 10 heteroatoms. The topological polar surface area (TPSA) is 68.9 Å². The predicted molar refractivity (Wildman–Crippen MR) is 149 cm³/mol. The second kappa shape index (κ2) is 11.6. The van der Waals surface area contributed by atoms with E-state index in [-0.39, 0.29) is 10.9 Å². The Morgan fingerprint density at radius 1 is 1.00 bits per heavy atom. The molecule has 3 aromatic carbocycles. The Bertz CT molecular complexity index is 1230. The first-order valence-electron chi connectivity index (χ1n) is 11.0. The van der Waals surface area contributed by atoms with Gasteiger partial charge in [0.15, 0.2) is 5.11 Å². The molecule has 0 aliphatic carbocycles. The van der Waals surface area contributed by atoms with Crippen LogP contribution in [0.3, 0.4) is 0 Å². The summed E-state index contributed by atoms with van der Waals surface area (Å²) >= 11 is 17.1. The first-order chi connectivity index (χ1) is 16.9. The molecule has 0 atom stereocenters. The zero-order chi connectivity index (χ0) is 24.8. The highest BCUT2D eigenvalue weighted by Gasteiger charge is 2.21. The van der Waals surface area contributed by atoms with Crippen LogP contribution in [0.1, 0.15) is 11.1 Å². The lowest BCUT2D eigenvalue weighted by molar-refractivity contribution is 0.598. The monoisotopic (exact) mass is 530 g/mol. The molecule has 4 N–H and O–H groups in total. The van der Waals surface area contributed by atoms with Gasteiger partial charge in [-0.2, -0.15) is 5.10 Å². The van der Waals surface area contributed by atoms with Crippen molar-refractivity contribution in [2.24, 2.45) is 10.8 Å². The third kappa shape index (κ3) is 6.75. The molecule has 1 aliphatic heterocycles. The van der Waals surface area contributed by atoms with Gasteiger partial charge in [0.25, 0.3) is 0 Å². The van der Waals surface area contributed by atoms with Crippen molar-refractivity contribution in [1.29, 1.82) is 0 Å². The van der Waals surface area contributed by atoms with Gasteiger partial charge in [-0.15, -0.1) is 0 Å². The molecule has 1 fully saturated rings. The van der Waals surface area contributed by atoms with E-state index >= 15 is 4.39 Å². The number of nitrogens with one attached hydrogen (secondary N) is 2. The average Bonchev–Trinajstić information content (AvgIpc) is 2.83. The molecule has 35 heavy (non-hydrogen) atoms. The molecular formula is C25H25Cl2FN6S. The van der Waals surface area contributed by atoms with E-state index in [1.54, 1.807) is 0 Å². The molecule has 4 rings (SSSR count). The fourth-order valence-corrected chi connectivity index (χ4v) is 4.42. The maximum absolute atomic E-state index is 15.2. The van der Waals surface area contributed by atoms with E-state index < -0.39 is 0 Å². The molecule has 0 unspecified atom stereocenters. The molecule has 0 amide bonds. The number of rotatable bonds is 7.